The van der Waals surface area contributed by atoms with Gasteiger partial charge >= 0.3 is 12.1 Å². The lowest BCUT2D eigenvalue weighted by Crippen LogP contribution is -2.45. The molecule has 2 amide bonds. The van der Waals surface area contributed by atoms with Crippen molar-refractivity contribution >= 4 is 17.8 Å². The number of halogens is 3. The summed E-state index contributed by atoms with van der Waals surface area (Å²) in [6.45, 7) is 1.63. The third-order valence-electron chi connectivity index (χ3n) is 4.52. The number of likely N-dealkylation sites (tertiary alicyclic amines) is 1. The van der Waals surface area contributed by atoms with Crippen molar-refractivity contribution in [3.63, 3.8) is 0 Å². The maximum absolute atomic E-state index is 12.7. The molecule has 1 fully saturated rings. The summed E-state index contributed by atoms with van der Waals surface area (Å²) in [6, 6.07) is 1.78. The molecule has 148 valence electrons. The summed E-state index contributed by atoms with van der Waals surface area (Å²) in [6.07, 6.45) is -3.91. The van der Waals surface area contributed by atoms with Crippen molar-refractivity contribution in [3.05, 3.63) is 29.1 Å². The van der Waals surface area contributed by atoms with E-state index in [2.05, 4.69) is 4.98 Å². The summed E-state index contributed by atoms with van der Waals surface area (Å²) in [5, 5.41) is 8.97. The number of pyridine rings is 1. The zero-order chi connectivity index (χ0) is 20.4. The maximum Gasteiger partial charge on any atom is 0.433 e. The minimum absolute atomic E-state index is 0.0112. The first kappa shape index (κ1) is 20.7. The first-order valence-corrected chi connectivity index (χ1v) is 8.31. The number of carbonyl (C=O) groups is 3. The third kappa shape index (κ3) is 4.95. The molecular formula is C17H20F3N3O4. The van der Waals surface area contributed by atoms with Crippen molar-refractivity contribution < 1.29 is 32.7 Å². The highest BCUT2D eigenvalue weighted by molar-refractivity contribution is 5.97. The molecule has 0 atom stereocenters. The molecule has 1 aromatic heterocycles. The molecule has 0 radical (unpaired) electrons. The van der Waals surface area contributed by atoms with Crippen LogP contribution < -0.4 is 0 Å². The average molecular weight is 387 g/mol. The summed E-state index contributed by atoms with van der Waals surface area (Å²) < 4.78 is 38.0. The molecule has 2 heterocycles. The van der Waals surface area contributed by atoms with Crippen LogP contribution in [-0.4, -0.2) is 64.4 Å². The molecule has 0 spiro atoms. The molecule has 7 nitrogen and oxygen atoms in total. The summed E-state index contributed by atoms with van der Waals surface area (Å²) in [4.78, 5) is 41.7. The molecule has 1 aromatic rings. The van der Waals surface area contributed by atoms with Gasteiger partial charge in [-0.15, -0.1) is 0 Å². The zero-order valence-electron chi connectivity index (χ0n) is 14.9. The van der Waals surface area contributed by atoms with Crippen LogP contribution in [0.5, 0.6) is 0 Å². The van der Waals surface area contributed by atoms with E-state index in [1.54, 1.807) is 0 Å². The highest BCUT2D eigenvalue weighted by Crippen LogP contribution is 2.28. The molecule has 1 aliphatic rings. The van der Waals surface area contributed by atoms with Gasteiger partial charge in [0.2, 0.25) is 5.91 Å². The van der Waals surface area contributed by atoms with E-state index in [1.165, 1.54) is 18.9 Å². The number of hydrogen-bond acceptors (Lipinski definition) is 4. The van der Waals surface area contributed by atoms with E-state index >= 15 is 0 Å². The molecule has 27 heavy (non-hydrogen) atoms. The smallest absolute Gasteiger partial charge is 0.433 e. The Balaban J connectivity index is 1.99. The number of likely N-dealkylation sites (N-methyl/N-ethyl adjacent to an activating group) is 1. The molecule has 1 aliphatic heterocycles. The summed E-state index contributed by atoms with van der Waals surface area (Å²) in [5.41, 5.74) is -1.17. The normalized spacial score (nSPS) is 15.5. The lowest BCUT2D eigenvalue weighted by Gasteiger charge is -2.31. The van der Waals surface area contributed by atoms with Gasteiger partial charge in [-0.25, -0.2) is 4.98 Å². The number of aromatic nitrogens is 1. The van der Waals surface area contributed by atoms with Crippen molar-refractivity contribution in [2.24, 2.45) is 5.92 Å². The number of rotatable bonds is 4. The fraction of sp³-hybridized carbons (Fsp3) is 0.529. The number of carboxylic acid groups (broad SMARTS) is 1. The highest BCUT2D eigenvalue weighted by Gasteiger charge is 2.33. The first-order valence-electron chi connectivity index (χ1n) is 8.31. The van der Waals surface area contributed by atoms with Gasteiger partial charge < -0.3 is 14.9 Å². The fourth-order valence-corrected chi connectivity index (χ4v) is 2.90. The van der Waals surface area contributed by atoms with Crippen molar-refractivity contribution in [2.45, 2.75) is 25.9 Å². The second kappa shape index (κ2) is 7.93. The summed E-state index contributed by atoms with van der Waals surface area (Å²) in [5.74, 6) is -2.32. The summed E-state index contributed by atoms with van der Waals surface area (Å²) >= 11 is 0. The van der Waals surface area contributed by atoms with Crippen LogP contribution in [0.2, 0.25) is 0 Å². The predicted molar refractivity (Wildman–Crippen MR) is 87.9 cm³/mol. The molecule has 0 bridgehead atoms. The minimum atomic E-state index is -4.60. The second-order valence-electron chi connectivity index (χ2n) is 6.48. The molecule has 0 aromatic carbocycles. The quantitative estimate of drug-likeness (QED) is 0.851. The van der Waals surface area contributed by atoms with Crippen LogP contribution in [-0.2, 0) is 15.8 Å². The van der Waals surface area contributed by atoms with Gasteiger partial charge in [-0.3, -0.25) is 14.4 Å². The SMILES string of the molecule is Cc1nc(C(F)(F)F)ccc1C(=O)N(C)CC(=O)N1CCC(C(=O)O)CC1. The molecule has 2 rings (SSSR count). The van der Waals surface area contributed by atoms with E-state index < -0.39 is 29.7 Å². The van der Waals surface area contributed by atoms with Crippen molar-refractivity contribution in [2.75, 3.05) is 26.7 Å². The Morgan fingerprint density at radius 2 is 1.85 bits per heavy atom. The number of aryl methyl sites for hydroxylation is 1. The molecule has 0 unspecified atom stereocenters. The van der Waals surface area contributed by atoms with Gasteiger partial charge in [0.05, 0.1) is 23.7 Å². The molecule has 0 aliphatic carbocycles. The van der Waals surface area contributed by atoms with E-state index in [1.807, 2.05) is 0 Å². The fourth-order valence-electron chi connectivity index (χ4n) is 2.90. The van der Waals surface area contributed by atoms with Crippen LogP contribution in [0.25, 0.3) is 0 Å². The largest absolute Gasteiger partial charge is 0.481 e. The number of carbonyl (C=O) groups excluding carboxylic acids is 2. The number of piperidine rings is 1. The van der Waals surface area contributed by atoms with Crippen LogP contribution in [0, 0.1) is 12.8 Å². The predicted octanol–water partition coefficient (Wildman–Crippen LogP) is 1.80. The van der Waals surface area contributed by atoms with Crippen LogP contribution in [0.3, 0.4) is 0 Å². The number of aliphatic carboxylic acids is 1. The maximum atomic E-state index is 12.7. The van der Waals surface area contributed by atoms with Gasteiger partial charge in [-0.05, 0) is 31.9 Å². The Kier molecular flexibility index (Phi) is 6.07. The van der Waals surface area contributed by atoms with Gasteiger partial charge in [0, 0.05) is 20.1 Å². The van der Waals surface area contributed by atoms with Crippen LogP contribution in [0.15, 0.2) is 12.1 Å². The Bertz CT molecular complexity index is 743. The third-order valence-corrected chi connectivity index (χ3v) is 4.52. The van der Waals surface area contributed by atoms with E-state index in [0.29, 0.717) is 25.9 Å². The number of nitrogens with zero attached hydrogens (tertiary/aromatic N) is 3. The lowest BCUT2D eigenvalue weighted by atomic mass is 9.97. The number of amides is 2. The Labute approximate surface area is 153 Å². The second-order valence-corrected chi connectivity index (χ2v) is 6.48. The van der Waals surface area contributed by atoms with Crippen molar-refractivity contribution in [3.8, 4) is 0 Å². The van der Waals surface area contributed by atoms with Gasteiger partial charge in [0.1, 0.15) is 5.69 Å². The standard InChI is InChI=1S/C17H20F3N3O4/c1-10-12(3-4-13(21-10)17(18,19)20)15(25)22(2)9-14(24)23-7-5-11(6-8-23)16(26)27/h3-4,11H,5-9H2,1-2H3,(H,26,27). The van der Waals surface area contributed by atoms with Crippen LogP contribution in [0.1, 0.15) is 34.6 Å². The van der Waals surface area contributed by atoms with Crippen molar-refractivity contribution in [1.29, 1.82) is 0 Å². The van der Waals surface area contributed by atoms with Gasteiger partial charge in [0.15, 0.2) is 0 Å². The molecule has 1 saturated heterocycles. The molecule has 10 heteroatoms. The Morgan fingerprint density at radius 1 is 1.26 bits per heavy atom. The highest BCUT2D eigenvalue weighted by atomic mass is 19.4. The topological polar surface area (TPSA) is 90.8 Å². The summed E-state index contributed by atoms with van der Waals surface area (Å²) in [7, 11) is 1.38. The Hall–Kier alpha value is -2.65. The monoisotopic (exact) mass is 387 g/mol. The average Bonchev–Trinajstić information content (AvgIpc) is 2.60. The lowest BCUT2D eigenvalue weighted by molar-refractivity contribution is -0.145. The number of hydrogen-bond donors (Lipinski definition) is 1. The molecule has 0 saturated carbocycles. The minimum Gasteiger partial charge on any atom is -0.481 e. The van der Waals surface area contributed by atoms with E-state index in [9.17, 15) is 27.6 Å². The first-order chi connectivity index (χ1) is 12.5. The van der Waals surface area contributed by atoms with Crippen LogP contribution in [0.4, 0.5) is 13.2 Å². The molecule has 1 N–H and O–H groups in total. The molecular weight excluding hydrogens is 367 g/mol. The number of alkyl halides is 3. The Morgan fingerprint density at radius 3 is 2.33 bits per heavy atom. The van der Waals surface area contributed by atoms with Gasteiger partial charge in [0.25, 0.3) is 5.91 Å². The van der Waals surface area contributed by atoms with Crippen LogP contribution >= 0.6 is 0 Å². The zero-order valence-corrected chi connectivity index (χ0v) is 14.9. The van der Waals surface area contributed by atoms with Gasteiger partial charge in [-0.2, -0.15) is 13.2 Å². The van der Waals surface area contributed by atoms with Gasteiger partial charge in [-0.1, -0.05) is 0 Å². The number of carboxylic acids is 1. The van der Waals surface area contributed by atoms with E-state index in [0.717, 1.165) is 17.0 Å². The van der Waals surface area contributed by atoms with E-state index in [4.69, 9.17) is 5.11 Å². The van der Waals surface area contributed by atoms with Crippen molar-refractivity contribution in [1.82, 2.24) is 14.8 Å². The van der Waals surface area contributed by atoms with E-state index in [-0.39, 0.29) is 23.7 Å².